The molecule has 0 amide bonds. The van der Waals surface area contributed by atoms with E-state index in [2.05, 4.69) is 25.7 Å². The molecule has 0 aliphatic heterocycles. The van der Waals surface area contributed by atoms with Gasteiger partial charge < -0.3 is 9.73 Å². The molecular weight excluding hydrogens is 316 g/mol. The lowest BCUT2D eigenvalue weighted by molar-refractivity contribution is 0.570. The van der Waals surface area contributed by atoms with Crippen LogP contribution in [0.2, 0.25) is 0 Å². The number of fused-ring (bicyclic) bond motifs is 1. The molecule has 0 bridgehead atoms. The molecule has 4 aromatic rings. The van der Waals surface area contributed by atoms with Crippen LogP contribution in [0.3, 0.4) is 0 Å². The van der Waals surface area contributed by atoms with Crippen LogP contribution < -0.4 is 5.32 Å². The van der Waals surface area contributed by atoms with E-state index >= 15 is 0 Å². The zero-order valence-electron chi connectivity index (χ0n) is 12.3. The van der Waals surface area contributed by atoms with E-state index in [0.717, 1.165) is 5.56 Å². The highest BCUT2D eigenvalue weighted by atomic mass is 19.1. The maximum Gasteiger partial charge on any atom is 0.316 e. The highest BCUT2D eigenvalue weighted by molar-refractivity contribution is 5.83. The molecule has 2 aromatic carbocycles. The zero-order valence-corrected chi connectivity index (χ0v) is 12.3. The molecule has 0 aliphatic carbocycles. The van der Waals surface area contributed by atoms with Crippen LogP contribution >= 0.6 is 0 Å². The summed E-state index contributed by atoms with van der Waals surface area (Å²) >= 11 is 0. The molecule has 0 unspecified atom stereocenters. The van der Waals surface area contributed by atoms with Gasteiger partial charge in [0.25, 0.3) is 5.89 Å². The lowest BCUT2D eigenvalue weighted by atomic mass is 10.1. The Hall–Kier alpha value is -3.29. The molecule has 2 heterocycles. The summed E-state index contributed by atoms with van der Waals surface area (Å²) in [4.78, 5) is 0. The monoisotopic (exact) mass is 327 g/mol. The number of halogens is 2. The van der Waals surface area contributed by atoms with Crippen LogP contribution in [0.25, 0.3) is 22.4 Å². The Bertz CT molecular complexity index is 1010. The Morgan fingerprint density at radius 3 is 2.92 bits per heavy atom. The number of nitrogens with one attached hydrogen (secondary N) is 2. The zero-order chi connectivity index (χ0) is 16.5. The Labute approximate surface area is 134 Å². The molecule has 0 atom stereocenters. The van der Waals surface area contributed by atoms with Gasteiger partial charge in [0.05, 0.1) is 22.7 Å². The summed E-state index contributed by atoms with van der Waals surface area (Å²) in [6.07, 6.45) is 1.40. The first-order valence-electron chi connectivity index (χ1n) is 7.14. The first-order chi connectivity index (χ1) is 11.7. The Morgan fingerprint density at radius 1 is 1.12 bits per heavy atom. The molecule has 120 valence electrons. The van der Waals surface area contributed by atoms with Gasteiger partial charge in [0.2, 0.25) is 0 Å². The quantitative estimate of drug-likeness (QED) is 0.600. The van der Waals surface area contributed by atoms with E-state index in [1.807, 2.05) is 0 Å². The van der Waals surface area contributed by atoms with Crippen molar-refractivity contribution in [1.29, 1.82) is 0 Å². The first-order valence-corrected chi connectivity index (χ1v) is 7.14. The SMILES string of the molecule is Fc1cccc(CNc2nnc(-c3ccc4[nH]ncc4c3F)o2)c1. The third-order valence-electron chi connectivity index (χ3n) is 3.55. The number of hydrogen-bond donors (Lipinski definition) is 2. The lowest BCUT2D eigenvalue weighted by Gasteiger charge is -2.01. The summed E-state index contributed by atoms with van der Waals surface area (Å²) in [5.74, 6) is -0.755. The second kappa shape index (κ2) is 5.73. The molecule has 6 nitrogen and oxygen atoms in total. The van der Waals surface area contributed by atoms with Crippen molar-refractivity contribution in [2.24, 2.45) is 0 Å². The minimum atomic E-state index is -0.485. The average Bonchev–Trinajstić information content (AvgIpc) is 3.23. The van der Waals surface area contributed by atoms with Gasteiger partial charge in [-0.15, -0.1) is 5.10 Å². The van der Waals surface area contributed by atoms with E-state index in [1.54, 1.807) is 24.3 Å². The fraction of sp³-hybridized carbons (Fsp3) is 0.0625. The van der Waals surface area contributed by atoms with Gasteiger partial charge in [-0.3, -0.25) is 5.10 Å². The van der Waals surface area contributed by atoms with Gasteiger partial charge >= 0.3 is 6.01 Å². The van der Waals surface area contributed by atoms with Gasteiger partial charge in [-0.25, -0.2) is 8.78 Å². The number of benzene rings is 2. The van der Waals surface area contributed by atoms with E-state index in [0.29, 0.717) is 17.4 Å². The van der Waals surface area contributed by atoms with Crippen LogP contribution in [0, 0.1) is 11.6 Å². The van der Waals surface area contributed by atoms with E-state index < -0.39 is 5.82 Å². The van der Waals surface area contributed by atoms with Gasteiger partial charge in [0.1, 0.15) is 11.6 Å². The number of rotatable bonds is 4. The highest BCUT2D eigenvalue weighted by Gasteiger charge is 2.16. The van der Waals surface area contributed by atoms with Gasteiger partial charge in [0, 0.05) is 6.54 Å². The Kier molecular flexibility index (Phi) is 3.42. The maximum absolute atomic E-state index is 14.4. The second-order valence-corrected chi connectivity index (χ2v) is 5.15. The molecule has 2 N–H and O–H groups in total. The maximum atomic E-state index is 14.4. The number of H-pyrrole nitrogens is 1. The molecule has 0 aliphatic rings. The van der Waals surface area contributed by atoms with Crippen LogP contribution in [-0.4, -0.2) is 20.4 Å². The van der Waals surface area contributed by atoms with Crippen LogP contribution in [0.1, 0.15) is 5.56 Å². The standard InChI is InChI=1S/C16H11F2N5O/c17-10-3-1-2-9(6-10)7-19-16-23-22-15(24-16)11-4-5-13-12(14(11)18)8-20-21-13/h1-6,8H,7H2,(H,19,23)(H,20,21). The fourth-order valence-electron chi connectivity index (χ4n) is 2.38. The van der Waals surface area contributed by atoms with Crippen molar-refractivity contribution in [3.05, 3.63) is 59.8 Å². The van der Waals surface area contributed by atoms with Crippen molar-refractivity contribution in [3.8, 4) is 11.5 Å². The molecule has 0 saturated carbocycles. The summed E-state index contributed by atoms with van der Waals surface area (Å²) < 4.78 is 33.0. The number of nitrogens with zero attached hydrogens (tertiary/aromatic N) is 3. The van der Waals surface area contributed by atoms with E-state index in [4.69, 9.17) is 4.42 Å². The van der Waals surface area contributed by atoms with Crippen molar-refractivity contribution >= 4 is 16.9 Å². The molecule has 24 heavy (non-hydrogen) atoms. The summed E-state index contributed by atoms with van der Waals surface area (Å²) in [6.45, 7) is 0.308. The molecule has 0 radical (unpaired) electrons. The minimum absolute atomic E-state index is 0.0531. The van der Waals surface area contributed by atoms with E-state index in [9.17, 15) is 8.78 Å². The summed E-state index contributed by atoms with van der Waals surface area (Å²) in [5.41, 5.74) is 1.50. The van der Waals surface area contributed by atoms with Gasteiger partial charge in [-0.2, -0.15) is 5.10 Å². The summed E-state index contributed by atoms with van der Waals surface area (Å²) in [6, 6.07) is 9.49. The Balaban J connectivity index is 1.56. The number of anilines is 1. The topological polar surface area (TPSA) is 79.6 Å². The van der Waals surface area contributed by atoms with Crippen molar-refractivity contribution < 1.29 is 13.2 Å². The fourth-order valence-corrected chi connectivity index (χ4v) is 2.38. The van der Waals surface area contributed by atoms with Crippen LogP contribution in [-0.2, 0) is 6.54 Å². The van der Waals surface area contributed by atoms with E-state index in [1.165, 1.54) is 18.3 Å². The average molecular weight is 327 g/mol. The van der Waals surface area contributed by atoms with Crippen molar-refractivity contribution in [1.82, 2.24) is 20.4 Å². The predicted molar refractivity (Wildman–Crippen MR) is 83.1 cm³/mol. The largest absolute Gasteiger partial charge is 0.403 e. The van der Waals surface area contributed by atoms with Crippen LogP contribution in [0.4, 0.5) is 14.8 Å². The minimum Gasteiger partial charge on any atom is -0.403 e. The van der Waals surface area contributed by atoms with Gasteiger partial charge in [0.15, 0.2) is 0 Å². The molecule has 0 fully saturated rings. The third-order valence-corrected chi connectivity index (χ3v) is 3.55. The smallest absolute Gasteiger partial charge is 0.316 e. The number of aromatic amines is 1. The lowest BCUT2D eigenvalue weighted by Crippen LogP contribution is -1.99. The van der Waals surface area contributed by atoms with Crippen molar-refractivity contribution in [3.63, 3.8) is 0 Å². The van der Waals surface area contributed by atoms with Crippen LogP contribution in [0.5, 0.6) is 0 Å². The van der Waals surface area contributed by atoms with Crippen molar-refractivity contribution in [2.45, 2.75) is 6.54 Å². The summed E-state index contributed by atoms with van der Waals surface area (Å²) in [7, 11) is 0. The molecule has 0 spiro atoms. The molecule has 0 saturated heterocycles. The predicted octanol–water partition coefficient (Wildman–Crippen LogP) is 3.50. The molecule has 4 rings (SSSR count). The number of hydrogen-bond acceptors (Lipinski definition) is 5. The van der Waals surface area contributed by atoms with Crippen LogP contribution in [0.15, 0.2) is 47.0 Å². The summed E-state index contributed by atoms with van der Waals surface area (Å²) in [5, 5.41) is 17.4. The highest BCUT2D eigenvalue weighted by Crippen LogP contribution is 2.28. The van der Waals surface area contributed by atoms with Crippen molar-refractivity contribution in [2.75, 3.05) is 5.32 Å². The second-order valence-electron chi connectivity index (χ2n) is 5.15. The first kappa shape index (κ1) is 14.3. The van der Waals surface area contributed by atoms with E-state index in [-0.39, 0.29) is 23.3 Å². The molecular formula is C16H11F2N5O. The van der Waals surface area contributed by atoms with Gasteiger partial charge in [-0.05, 0) is 29.8 Å². The third kappa shape index (κ3) is 2.58. The van der Waals surface area contributed by atoms with Gasteiger partial charge in [-0.1, -0.05) is 17.2 Å². The number of aromatic nitrogens is 4. The Morgan fingerprint density at radius 2 is 2.04 bits per heavy atom. The molecule has 8 heteroatoms. The molecule has 2 aromatic heterocycles. The normalized spacial score (nSPS) is 11.1.